The Kier molecular flexibility index (Phi) is 5.42. The van der Waals surface area contributed by atoms with Crippen molar-refractivity contribution in [3.8, 4) is 0 Å². The van der Waals surface area contributed by atoms with E-state index < -0.39 is 4.92 Å². The average molecular weight is 238 g/mol. The molecule has 0 aromatic heterocycles. The van der Waals surface area contributed by atoms with Gasteiger partial charge in [0.05, 0.1) is 11.5 Å². The third-order valence-electron chi connectivity index (χ3n) is 2.43. The summed E-state index contributed by atoms with van der Waals surface area (Å²) in [5, 5.41) is 13.9. The molecule has 0 bridgehead atoms. The maximum Gasteiger partial charge on any atom is 0.271 e. The summed E-state index contributed by atoms with van der Waals surface area (Å²) in [6.45, 7) is 2.69. The van der Waals surface area contributed by atoms with Crippen LogP contribution in [0.5, 0.6) is 0 Å². The fourth-order valence-corrected chi connectivity index (χ4v) is 1.69. The van der Waals surface area contributed by atoms with E-state index in [0.29, 0.717) is 6.61 Å². The van der Waals surface area contributed by atoms with Crippen LogP contribution in [0, 0.1) is 10.1 Å². The molecular weight excluding hydrogens is 220 g/mol. The third-order valence-corrected chi connectivity index (χ3v) is 2.43. The zero-order valence-electron chi connectivity index (χ0n) is 10.2. The van der Waals surface area contributed by atoms with Gasteiger partial charge in [0.1, 0.15) is 0 Å². The lowest BCUT2D eigenvalue weighted by molar-refractivity contribution is -0.384. The molecule has 0 aliphatic carbocycles. The Bertz CT molecular complexity index is 363. The Morgan fingerprint density at radius 1 is 1.53 bits per heavy atom. The van der Waals surface area contributed by atoms with E-state index in [1.165, 1.54) is 6.07 Å². The number of hydrogen-bond donors (Lipinski definition) is 1. The predicted octanol–water partition coefficient (Wildman–Crippen LogP) is 2.82. The number of nitrogens with zero attached hydrogens (tertiary/aromatic N) is 1. The second-order valence-corrected chi connectivity index (χ2v) is 3.89. The molecule has 0 radical (unpaired) electrons. The van der Waals surface area contributed by atoms with Crippen molar-refractivity contribution in [2.75, 3.05) is 19.0 Å². The summed E-state index contributed by atoms with van der Waals surface area (Å²) >= 11 is 0. The molecule has 17 heavy (non-hydrogen) atoms. The maximum atomic E-state index is 10.6. The van der Waals surface area contributed by atoms with E-state index in [2.05, 4.69) is 12.2 Å². The van der Waals surface area contributed by atoms with Crippen molar-refractivity contribution in [2.45, 2.75) is 25.8 Å². The number of nitro benzene ring substituents is 1. The maximum absolute atomic E-state index is 10.6. The lowest BCUT2D eigenvalue weighted by Gasteiger charge is -2.18. The molecule has 0 spiro atoms. The van der Waals surface area contributed by atoms with E-state index in [0.717, 1.165) is 18.5 Å². The summed E-state index contributed by atoms with van der Waals surface area (Å²) in [6, 6.07) is 6.71. The zero-order chi connectivity index (χ0) is 12.7. The van der Waals surface area contributed by atoms with Gasteiger partial charge in [-0.2, -0.15) is 0 Å². The van der Waals surface area contributed by atoms with Crippen LogP contribution in [-0.2, 0) is 4.74 Å². The highest BCUT2D eigenvalue weighted by atomic mass is 16.6. The van der Waals surface area contributed by atoms with Gasteiger partial charge >= 0.3 is 0 Å². The molecule has 1 atom stereocenters. The van der Waals surface area contributed by atoms with Crippen molar-refractivity contribution < 1.29 is 9.66 Å². The summed E-state index contributed by atoms with van der Waals surface area (Å²) in [4.78, 5) is 10.3. The number of nitro groups is 1. The first-order valence-electron chi connectivity index (χ1n) is 5.67. The van der Waals surface area contributed by atoms with E-state index in [-0.39, 0.29) is 11.7 Å². The first-order chi connectivity index (χ1) is 8.17. The molecule has 0 saturated heterocycles. The van der Waals surface area contributed by atoms with Crippen LogP contribution in [-0.4, -0.2) is 24.7 Å². The Hall–Kier alpha value is -1.62. The van der Waals surface area contributed by atoms with Crippen LogP contribution in [0.2, 0.25) is 0 Å². The molecule has 5 nitrogen and oxygen atoms in total. The van der Waals surface area contributed by atoms with Crippen LogP contribution in [0.1, 0.15) is 19.8 Å². The van der Waals surface area contributed by atoms with Crippen LogP contribution in [0.25, 0.3) is 0 Å². The first-order valence-corrected chi connectivity index (χ1v) is 5.67. The van der Waals surface area contributed by atoms with Crippen molar-refractivity contribution in [1.29, 1.82) is 0 Å². The Balaban J connectivity index is 2.71. The van der Waals surface area contributed by atoms with E-state index in [4.69, 9.17) is 4.74 Å². The van der Waals surface area contributed by atoms with E-state index in [9.17, 15) is 10.1 Å². The number of ether oxygens (including phenoxy) is 1. The fraction of sp³-hybridized carbons (Fsp3) is 0.500. The van der Waals surface area contributed by atoms with Crippen LogP contribution >= 0.6 is 0 Å². The molecule has 0 fully saturated rings. The van der Waals surface area contributed by atoms with Crippen molar-refractivity contribution in [2.24, 2.45) is 0 Å². The number of anilines is 1. The van der Waals surface area contributed by atoms with Crippen molar-refractivity contribution >= 4 is 11.4 Å². The van der Waals surface area contributed by atoms with Gasteiger partial charge in [0.25, 0.3) is 5.69 Å². The third kappa shape index (κ3) is 4.40. The Morgan fingerprint density at radius 2 is 2.29 bits per heavy atom. The summed E-state index contributed by atoms with van der Waals surface area (Å²) in [7, 11) is 1.65. The van der Waals surface area contributed by atoms with Gasteiger partial charge in [0.2, 0.25) is 0 Å². The van der Waals surface area contributed by atoms with Crippen molar-refractivity contribution in [1.82, 2.24) is 0 Å². The highest BCUT2D eigenvalue weighted by Gasteiger charge is 2.10. The molecule has 1 rings (SSSR count). The SMILES string of the molecule is CCCC(COC)Nc1cccc([N+](=O)[O-])c1. The first kappa shape index (κ1) is 13.4. The monoisotopic (exact) mass is 238 g/mol. The van der Waals surface area contributed by atoms with Gasteiger partial charge in [-0.05, 0) is 12.5 Å². The number of methoxy groups -OCH3 is 1. The van der Waals surface area contributed by atoms with Crippen LogP contribution < -0.4 is 5.32 Å². The molecular formula is C12H18N2O3. The Morgan fingerprint density at radius 3 is 2.88 bits per heavy atom. The summed E-state index contributed by atoms with van der Waals surface area (Å²) in [5.74, 6) is 0. The molecule has 0 heterocycles. The van der Waals surface area contributed by atoms with Gasteiger partial charge in [0.15, 0.2) is 0 Å². The second-order valence-electron chi connectivity index (χ2n) is 3.89. The van der Waals surface area contributed by atoms with Crippen LogP contribution in [0.3, 0.4) is 0 Å². The van der Waals surface area contributed by atoms with Gasteiger partial charge in [-0.1, -0.05) is 19.4 Å². The Labute approximate surface area is 101 Å². The average Bonchev–Trinajstić information content (AvgIpc) is 2.30. The number of benzene rings is 1. The van der Waals surface area contributed by atoms with Crippen LogP contribution in [0.15, 0.2) is 24.3 Å². The number of nitrogens with one attached hydrogen (secondary N) is 1. The van der Waals surface area contributed by atoms with Gasteiger partial charge in [-0.25, -0.2) is 0 Å². The molecule has 1 unspecified atom stereocenters. The minimum atomic E-state index is -0.393. The van der Waals surface area contributed by atoms with Crippen molar-refractivity contribution in [3.63, 3.8) is 0 Å². The molecule has 1 aromatic rings. The molecule has 0 aliphatic rings. The predicted molar refractivity (Wildman–Crippen MR) is 67.3 cm³/mol. The van der Waals surface area contributed by atoms with Gasteiger partial charge in [0, 0.05) is 31.0 Å². The van der Waals surface area contributed by atoms with Crippen molar-refractivity contribution in [3.05, 3.63) is 34.4 Å². The van der Waals surface area contributed by atoms with E-state index in [1.54, 1.807) is 19.2 Å². The highest BCUT2D eigenvalue weighted by molar-refractivity contribution is 5.51. The molecule has 1 aromatic carbocycles. The molecule has 1 N–H and O–H groups in total. The molecule has 5 heteroatoms. The quantitative estimate of drug-likeness (QED) is 0.586. The highest BCUT2D eigenvalue weighted by Crippen LogP contribution is 2.18. The molecule has 94 valence electrons. The van der Waals surface area contributed by atoms with Gasteiger partial charge < -0.3 is 10.1 Å². The second kappa shape index (κ2) is 6.85. The van der Waals surface area contributed by atoms with Gasteiger partial charge in [-0.3, -0.25) is 10.1 Å². The standard InChI is InChI=1S/C12H18N2O3/c1-3-5-11(9-17-2)13-10-6-4-7-12(8-10)14(15)16/h4,6-8,11,13H,3,5,9H2,1-2H3. The largest absolute Gasteiger partial charge is 0.383 e. The number of rotatable bonds is 7. The normalized spacial score (nSPS) is 12.1. The molecule has 0 aliphatic heterocycles. The number of hydrogen-bond acceptors (Lipinski definition) is 4. The summed E-state index contributed by atoms with van der Waals surface area (Å²) in [5.41, 5.74) is 0.859. The van der Waals surface area contributed by atoms with Crippen LogP contribution in [0.4, 0.5) is 11.4 Å². The topological polar surface area (TPSA) is 64.4 Å². The zero-order valence-corrected chi connectivity index (χ0v) is 10.2. The minimum Gasteiger partial charge on any atom is -0.383 e. The van der Waals surface area contributed by atoms with Gasteiger partial charge in [-0.15, -0.1) is 0 Å². The minimum absolute atomic E-state index is 0.0997. The molecule has 0 amide bonds. The van der Waals surface area contributed by atoms with E-state index >= 15 is 0 Å². The summed E-state index contributed by atoms with van der Waals surface area (Å²) in [6.07, 6.45) is 2.01. The lowest BCUT2D eigenvalue weighted by atomic mass is 10.1. The molecule has 0 saturated carbocycles. The fourth-order valence-electron chi connectivity index (χ4n) is 1.69. The smallest absolute Gasteiger partial charge is 0.271 e. The van der Waals surface area contributed by atoms with E-state index in [1.807, 2.05) is 6.07 Å². The number of non-ortho nitro benzene ring substituents is 1. The lowest BCUT2D eigenvalue weighted by Crippen LogP contribution is -2.24. The summed E-state index contributed by atoms with van der Waals surface area (Å²) < 4.78 is 5.11.